The Kier molecular flexibility index (Phi) is 5.02. The van der Waals surface area contributed by atoms with Crippen LogP contribution < -0.4 is 15.4 Å². The van der Waals surface area contributed by atoms with Gasteiger partial charge in [-0.2, -0.15) is 10.5 Å². The molecule has 0 spiro atoms. The number of ether oxygens (including phenoxy) is 1. The Morgan fingerprint density at radius 2 is 1.82 bits per heavy atom. The summed E-state index contributed by atoms with van der Waals surface area (Å²) in [7, 11) is 0. The molecular weight excluding hydrogens is 395 g/mol. The number of hydrogen-bond donors (Lipinski definition) is 2. The Balaban J connectivity index is 1.73. The van der Waals surface area contributed by atoms with E-state index in [0.717, 1.165) is 17.4 Å². The first kappa shape index (κ1) is 18.9. The van der Waals surface area contributed by atoms with Crippen molar-refractivity contribution in [1.29, 1.82) is 10.5 Å². The number of hydrogen-bond acceptors (Lipinski definition) is 6. The molecule has 0 aliphatic carbocycles. The van der Waals surface area contributed by atoms with E-state index in [0.29, 0.717) is 10.2 Å². The zero-order valence-corrected chi connectivity index (χ0v) is 14.5. The number of alkyl halides is 3. The minimum Gasteiger partial charge on any atom is -0.406 e. The smallest absolute Gasteiger partial charge is 0.406 e. The van der Waals surface area contributed by atoms with Crippen molar-refractivity contribution in [3.63, 3.8) is 0 Å². The van der Waals surface area contributed by atoms with Gasteiger partial charge in [-0.3, -0.25) is 5.32 Å². The number of carbonyl (C=O) groups excluding carboxylic acids is 1. The average molecular weight is 403 g/mol. The molecular formula is C17H8F3N5O2S. The van der Waals surface area contributed by atoms with Crippen molar-refractivity contribution in [2.45, 2.75) is 6.36 Å². The monoisotopic (exact) mass is 403 g/mol. The number of thiazole rings is 1. The Bertz CT molecular complexity index is 1140. The first-order chi connectivity index (χ1) is 13.3. The maximum Gasteiger partial charge on any atom is 0.573 e. The molecule has 0 radical (unpaired) electrons. The highest BCUT2D eigenvalue weighted by Crippen LogP contribution is 2.31. The lowest BCUT2D eigenvalue weighted by molar-refractivity contribution is -0.274. The normalized spacial score (nSPS) is 10.8. The molecule has 2 aromatic carbocycles. The summed E-state index contributed by atoms with van der Waals surface area (Å²) in [5.74, 6) is -0.388. The predicted octanol–water partition coefficient (Wildman–Crippen LogP) is 4.58. The van der Waals surface area contributed by atoms with Gasteiger partial charge in [0.1, 0.15) is 17.9 Å². The molecule has 0 saturated carbocycles. The molecule has 1 aromatic heterocycles. The molecule has 0 unspecified atom stereocenters. The molecule has 28 heavy (non-hydrogen) atoms. The molecule has 0 aliphatic heterocycles. The Morgan fingerprint density at radius 1 is 1.07 bits per heavy atom. The van der Waals surface area contributed by atoms with Crippen LogP contribution in [0.3, 0.4) is 0 Å². The Hall–Kier alpha value is -3.83. The number of aromatic nitrogens is 1. The van der Waals surface area contributed by atoms with Crippen LogP contribution in [0.4, 0.5) is 28.8 Å². The zero-order valence-electron chi connectivity index (χ0n) is 13.7. The van der Waals surface area contributed by atoms with E-state index in [1.165, 1.54) is 30.3 Å². The van der Waals surface area contributed by atoms with E-state index in [-0.39, 0.29) is 27.7 Å². The van der Waals surface area contributed by atoms with Gasteiger partial charge in [0, 0.05) is 11.8 Å². The number of fused-ring (bicyclic) bond motifs is 1. The Morgan fingerprint density at radius 3 is 2.50 bits per heavy atom. The molecule has 0 saturated heterocycles. The second-order valence-corrected chi connectivity index (χ2v) is 6.29. The molecule has 11 heteroatoms. The first-order valence-electron chi connectivity index (χ1n) is 7.46. The van der Waals surface area contributed by atoms with E-state index in [9.17, 15) is 18.0 Å². The van der Waals surface area contributed by atoms with Crippen molar-refractivity contribution in [2.75, 3.05) is 10.6 Å². The molecule has 0 fully saturated rings. The van der Waals surface area contributed by atoms with Crippen molar-refractivity contribution in [3.05, 3.63) is 47.5 Å². The predicted molar refractivity (Wildman–Crippen MR) is 94.8 cm³/mol. The van der Waals surface area contributed by atoms with Gasteiger partial charge in [-0.1, -0.05) is 11.3 Å². The number of urea groups is 1. The summed E-state index contributed by atoms with van der Waals surface area (Å²) >= 11 is 0.964. The van der Waals surface area contributed by atoms with Gasteiger partial charge in [0.2, 0.25) is 0 Å². The molecule has 3 aromatic rings. The summed E-state index contributed by atoms with van der Waals surface area (Å²) < 4.78 is 41.1. The number of rotatable bonds is 3. The van der Waals surface area contributed by atoms with E-state index in [4.69, 9.17) is 10.5 Å². The van der Waals surface area contributed by atoms with Crippen LogP contribution >= 0.6 is 11.3 Å². The molecule has 140 valence electrons. The van der Waals surface area contributed by atoms with E-state index in [2.05, 4.69) is 20.4 Å². The van der Waals surface area contributed by atoms with E-state index >= 15 is 0 Å². The van der Waals surface area contributed by atoms with Crippen LogP contribution in [0.5, 0.6) is 5.75 Å². The lowest BCUT2D eigenvalue weighted by Gasteiger charge is -2.07. The van der Waals surface area contributed by atoms with E-state index in [1.807, 2.05) is 12.1 Å². The molecule has 0 atom stereocenters. The van der Waals surface area contributed by atoms with Gasteiger partial charge in [-0.05, 0) is 30.3 Å². The van der Waals surface area contributed by atoms with Crippen LogP contribution in [-0.2, 0) is 0 Å². The van der Waals surface area contributed by atoms with Gasteiger partial charge in [0.25, 0.3) is 0 Å². The van der Waals surface area contributed by atoms with Crippen molar-refractivity contribution >= 4 is 38.4 Å². The fraction of sp³-hybridized carbons (Fsp3) is 0.0588. The quantitative estimate of drug-likeness (QED) is 0.665. The van der Waals surface area contributed by atoms with Gasteiger partial charge in [0.15, 0.2) is 5.13 Å². The summed E-state index contributed by atoms with van der Waals surface area (Å²) in [6.45, 7) is 0. The van der Waals surface area contributed by atoms with Crippen LogP contribution in [0.25, 0.3) is 10.2 Å². The molecule has 0 aliphatic rings. The third-order valence-corrected chi connectivity index (χ3v) is 4.27. The zero-order chi connectivity index (χ0) is 20.3. The van der Waals surface area contributed by atoms with Gasteiger partial charge in [-0.15, -0.1) is 13.2 Å². The Labute approximate surface area is 159 Å². The molecule has 2 N–H and O–H groups in total. The van der Waals surface area contributed by atoms with Gasteiger partial charge < -0.3 is 10.1 Å². The summed E-state index contributed by atoms with van der Waals surface area (Å²) in [6, 6.07) is 10.9. The SMILES string of the molecule is N#Cc1ccc(NC(=O)Nc2nc3ccc(OC(F)(F)F)cc3s2)cc1C#N. The number of anilines is 2. The minimum atomic E-state index is -4.80. The second-order valence-electron chi connectivity index (χ2n) is 5.26. The summed E-state index contributed by atoms with van der Waals surface area (Å²) in [6.07, 6.45) is -4.80. The number of benzene rings is 2. The standard InChI is InChI=1S/C17H8F3N5O2S/c18-17(19,20)27-12-3-4-13-14(6-12)28-16(24-13)25-15(26)23-11-2-1-9(7-21)10(5-11)8-22/h1-6H,(H2,23,24,25,26). The first-order valence-corrected chi connectivity index (χ1v) is 8.27. The number of amides is 2. The van der Waals surface area contributed by atoms with Gasteiger partial charge in [-0.25, -0.2) is 9.78 Å². The molecule has 1 heterocycles. The highest BCUT2D eigenvalue weighted by molar-refractivity contribution is 7.22. The fourth-order valence-corrected chi connectivity index (χ4v) is 3.12. The van der Waals surface area contributed by atoms with Crippen LogP contribution in [0.1, 0.15) is 11.1 Å². The maximum absolute atomic E-state index is 12.3. The summed E-state index contributed by atoms with van der Waals surface area (Å²) in [5, 5.41) is 23.0. The number of halogens is 3. The van der Waals surface area contributed by atoms with E-state index < -0.39 is 12.4 Å². The highest BCUT2D eigenvalue weighted by atomic mass is 32.1. The molecule has 3 rings (SSSR count). The highest BCUT2D eigenvalue weighted by Gasteiger charge is 2.31. The van der Waals surface area contributed by atoms with Gasteiger partial charge >= 0.3 is 12.4 Å². The summed E-state index contributed by atoms with van der Waals surface area (Å²) in [5.41, 5.74) is 0.962. The fourth-order valence-electron chi connectivity index (χ4n) is 2.23. The molecule has 2 amide bonds. The van der Waals surface area contributed by atoms with Crippen LogP contribution in [0.15, 0.2) is 36.4 Å². The third kappa shape index (κ3) is 4.47. The minimum absolute atomic E-state index is 0.109. The lowest BCUT2D eigenvalue weighted by atomic mass is 10.1. The van der Waals surface area contributed by atoms with Gasteiger partial charge in [0.05, 0.1) is 21.3 Å². The number of nitrogens with zero attached hydrogens (tertiary/aromatic N) is 3. The maximum atomic E-state index is 12.3. The van der Waals surface area contributed by atoms with Crippen LogP contribution in [-0.4, -0.2) is 17.4 Å². The largest absolute Gasteiger partial charge is 0.573 e. The average Bonchev–Trinajstić information content (AvgIpc) is 3.01. The lowest BCUT2D eigenvalue weighted by Crippen LogP contribution is -2.19. The summed E-state index contributed by atoms with van der Waals surface area (Å²) in [4.78, 5) is 16.2. The van der Waals surface area contributed by atoms with Crippen molar-refractivity contribution in [3.8, 4) is 17.9 Å². The topological polar surface area (TPSA) is 111 Å². The molecule has 0 bridgehead atoms. The van der Waals surface area contributed by atoms with E-state index in [1.54, 1.807) is 0 Å². The van der Waals surface area contributed by atoms with Crippen molar-refractivity contribution < 1.29 is 22.7 Å². The second kappa shape index (κ2) is 7.42. The molecule has 7 nitrogen and oxygen atoms in total. The number of carbonyl (C=O) groups is 1. The van der Waals surface area contributed by atoms with Crippen LogP contribution in [0, 0.1) is 22.7 Å². The number of nitrogens with one attached hydrogen (secondary N) is 2. The van der Waals surface area contributed by atoms with Crippen molar-refractivity contribution in [2.24, 2.45) is 0 Å². The van der Waals surface area contributed by atoms with Crippen molar-refractivity contribution in [1.82, 2.24) is 4.98 Å². The number of nitriles is 2. The van der Waals surface area contributed by atoms with Crippen LogP contribution in [0.2, 0.25) is 0 Å². The third-order valence-electron chi connectivity index (χ3n) is 3.33.